The van der Waals surface area contributed by atoms with Crippen molar-refractivity contribution >= 4 is 0 Å². The van der Waals surface area contributed by atoms with Crippen LogP contribution in [0.3, 0.4) is 0 Å². The summed E-state index contributed by atoms with van der Waals surface area (Å²) >= 11 is 0.201. The second-order valence-corrected chi connectivity index (χ2v) is 3.15. The van der Waals surface area contributed by atoms with Crippen molar-refractivity contribution in [3.8, 4) is 0 Å². The Morgan fingerprint density at radius 2 is 2.57 bits per heavy atom. The molecule has 0 aliphatic carbocycles. The van der Waals surface area contributed by atoms with Gasteiger partial charge in [0.1, 0.15) is 0 Å². The van der Waals surface area contributed by atoms with Gasteiger partial charge in [-0.15, -0.1) is 0 Å². The normalized spacial score (nSPS) is 9.86. The molecule has 7 heavy (non-hydrogen) atoms. The third kappa shape index (κ3) is 1.15. The molecule has 0 aliphatic rings. The van der Waals surface area contributed by atoms with Crippen molar-refractivity contribution in [2.24, 2.45) is 0 Å². The molecule has 0 unspecified atom stereocenters. The molecule has 0 saturated carbocycles. The first kappa shape index (κ1) is 5.08. The average molecular weight is 209 g/mol. The Bertz CT molecular complexity index is 124. The van der Waals surface area contributed by atoms with Crippen molar-refractivity contribution in [2.75, 3.05) is 4.93 Å². The minimum absolute atomic E-state index is 0.201. The van der Waals surface area contributed by atoms with E-state index in [1.807, 2.05) is 18.7 Å². The van der Waals surface area contributed by atoms with Crippen LogP contribution in [0.25, 0.3) is 0 Å². The molecule has 2 nitrogen and oxygen atoms in total. The average Bonchev–Trinajstić information content (AvgIpc) is 2.14. The van der Waals surface area contributed by atoms with Crippen molar-refractivity contribution in [1.29, 1.82) is 0 Å². The molecule has 0 saturated heterocycles. The number of halogens is 1. The Balaban J connectivity index is 2.76. The molecule has 0 amide bonds. The van der Waals surface area contributed by atoms with E-state index in [9.17, 15) is 0 Å². The van der Waals surface area contributed by atoms with Gasteiger partial charge in [0.15, 0.2) is 0 Å². The summed E-state index contributed by atoms with van der Waals surface area (Å²) in [6.45, 7) is 0. The van der Waals surface area contributed by atoms with Crippen molar-refractivity contribution < 1.29 is 21.5 Å². The zero-order chi connectivity index (χ0) is 5.11. The number of hydrogen-bond acceptors (Lipinski definition) is 1. The van der Waals surface area contributed by atoms with E-state index in [2.05, 4.69) is 12.7 Å². The molecule has 0 radical (unpaired) electrons. The summed E-state index contributed by atoms with van der Waals surface area (Å²) in [6, 6.07) is 0. The predicted octanol–water partition coefficient (Wildman–Crippen LogP) is -2.63. The van der Waals surface area contributed by atoms with Crippen LogP contribution in [0.2, 0.25) is 0 Å². The first-order chi connectivity index (χ1) is 3.43. The summed E-state index contributed by atoms with van der Waals surface area (Å²) in [5, 5.41) is 0. The maximum atomic E-state index is 3.88. The van der Waals surface area contributed by atoms with Crippen LogP contribution in [-0.4, -0.2) is 12.7 Å². The van der Waals surface area contributed by atoms with Crippen LogP contribution in [0.5, 0.6) is 0 Å². The van der Waals surface area contributed by atoms with Gasteiger partial charge in [0, 0.05) is 0 Å². The Morgan fingerprint density at radius 1 is 1.71 bits per heavy atom. The molecular weight excluding hydrogens is 203 g/mol. The van der Waals surface area contributed by atoms with Crippen molar-refractivity contribution in [1.82, 2.24) is 7.76 Å². The van der Waals surface area contributed by atoms with Gasteiger partial charge in [-0.05, 0) is 0 Å². The van der Waals surface area contributed by atoms with Crippen LogP contribution < -0.4 is 21.5 Å². The van der Waals surface area contributed by atoms with Crippen molar-refractivity contribution in [3.05, 3.63) is 18.7 Å². The summed E-state index contributed by atoms with van der Waals surface area (Å²) in [5.74, 6) is 0. The Morgan fingerprint density at radius 3 is 2.86 bits per heavy atom. The van der Waals surface area contributed by atoms with E-state index in [0.29, 0.717) is 0 Å². The number of hydrogen-bond donors (Lipinski definition) is 0. The van der Waals surface area contributed by atoms with Crippen molar-refractivity contribution in [3.63, 3.8) is 0 Å². The predicted molar refractivity (Wildman–Crippen MR) is 23.5 cm³/mol. The fraction of sp³-hybridized carbons (Fsp3) is 0.250. The SMILES string of the molecule is C[I-]n1ccnc1. The van der Waals surface area contributed by atoms with E-state index in [1.54, 1.807) is 0 Å². The molecule has 1 rings (SSSR count). The molecule has 0 N–H and O–H groups in total. The maximum absolute atomic E-state index is 3.88. The van der Waals surface area contributed by atoms with Gasteiger partial charge < -0.3 is 0 Å². The Labute approximate surface area is 53.2 Å². The molecule has 0 aliphatic heterocycles. The fourth-order valence-corrected chi connectivity index (χ4v) is 1.20. The molecule has 1 heterocycles. The molecule has 3 heteroatoms. The summed E-state index contributed by atoms with van der Waals surface area (Å²) in [5.41, 5.74) is 0. The van der Waals surface area contributed by atoms with Crippen molar-refractivity contribution in [2.45, 2.75) is 0 Å². The van der Waals surface area contributed by atoms with Gasteiger partial charge >= 0.3 is 52.9 Å². The number of imidazole rings is 1. The van der Waals surface area contributed by atoms with Gasteiger partial charge in [-0.1, -0.05) is 0 Å². The van der Waals surface area contributed by atoms with E-state index < -0.39 is 0 Å². The Kier molecular flexibility index (Phi) is 1.67. The zero-order valence-electron chi connectivity index (χ0n) is 4.00. The van der Waals surface area contributed by atoms with Gasteiger partial charge in [0.05, 0.1) is 0 Å². The molecule has 1 aromatic heterocycles. The molecule has 1 aromatic rings. The zero-order valence-corrected chi connectivity index (χ0v) is 6.16. The van der Waals surface area contributed by atoms with E-state index in [0.717, 1.165) is 0 Å². The van der Waals surface area contributed by atoms with Gasteiger partial charge in [-0.25, -0.2) is 0 Å². The standard InChI is InChI=1S/C4H6IN2/c1-5-7-3-2-6-4-7/h2-4H,1H3/q-1. The van der Waals surface area contributed by atoms with Crippen LogP contribution in [-0.2, 0) is 0 Å². The molecule has 0 spiro atoms. The first-order valence-corrected chi connectivity index (χ1v) is 5.04. The van der Waals surface area contributed by atoms with E-state index >= 15 is 0 Å². The summed E-state index contributed by atoms with van der Waals surface area (Å²) in [7, 11) is 0. The quantitative estimate of drug-likeness (QED) is 0.365. The molecule has 0 bridgehead atoms. The molecular formula is C4H6IN2-. The summed E-state index contributed by atoms with van der Waals surface area (Å²) in [6.07, 6.45) is 5.66. The molecule has 40 valence electrons. The van der Waals surface area contributed by atoms with Gasteiger partial charge in [-0.3, -0.25) is 0 Å². The second kappa shape index (κ2) is 2.30. The van der Waals surface area contributed by atoms with Crippen LogP contribution in [0, 0.1) is 0 Å². The third-order valence-electron chi connectivity index (χ3n) is 0.667. The van der Waals surface area contributed by atoms with Crippen LogP contribution >= 0.6 is 0 Å². The summed E-state index contributed by atoms with van der Waals surface area (Å²) < 4.78 is 2.12. The first-order valence-electron chi connectivity index (χ1n) is 1.91. The summed E-state index contributed by atoms with van der Waals surface area (Å²) in [4.78, 5) is 6.08. The number of alkyl halides is 1. The van der Waals surface area contributed by atoms with E-state index in [-0.39, 0.29) is 21.5 Å². The number of rotatable bonds is 1. The van der Waals surface area contributed by atoms with Gasteiger partial charge in [-0.2, -0.15) is 0 Å². The van der Waals surface area contributed by atoms with E-state index in [1.165, 1.54) is 0 Å². The van der Waals surface area contributed by atoms with Crippen LogP contribution in [0.1, 0.15) is 0 Å². The number of nitrogens with zero attached hydrogens (tertiary/aromatic N) is 2. The van der Waals surface area contributed by atoms with E-state index in [4.69, 9.17) is 0 Å². The van der Waals surface area contributed by atoms with Crippen LogP contribution in [0.15, 0.2) is 18.7 Å². The second-order valence-electron chi connectivity index (χ2n) is 1.08. The monoisotopic (exact) mass is 209 g/mol. The van der Waals surface area contributed by atoms with Gasteiger partial charge in [0.2, 0.25) is 0 Å². The third-order valence-corrected chi connectivity index (χ3v) is 2.35. The molecule has 0 atom stereocenters. The molecule has 0 fully saturated rings. The number of aromatic nitrogens is 2. The fourth-order valence-electron chi connectivity index (χ4n) is 0.343. The molecule has 0 aromatic carbocycles. The van der Waals surface area contributed by atoms with Gasteiger partial charge in [0.25, 0.3) is 0 Å². The van der Waals surface area contributed by atoms with Crippen LogP contribution in [0.4, 0.5) is 0 Å². The minimum atomic E-state index is 0.201. The Hall–Kier alpha value is -0.0600. The topological polar surface area (TPSA) is 17.8 Å².